The van der Waals surface area contributed by atoms with E-state index in [2.05, 4.69) is 22.5 Å². The first-order valence-corrected chi connectivity index (χ1v) is 4.27. The number of hydrogen-bond donors (Lipinski definition) is 1. The lowest BCUT2D eigenvalue weighted by molar-refractivity contribution is 0.602. The lowest BCUT2D eigenvalue weighted by Gasteiger charge is -2.07. The van der Waals surface area contributed by atoms with Crippen LogP contribution in [0, 0.1) is 5.82 Å². The largest absolute Gasteiger partial charge is 0.321 e. The summed E-state index contributed by atoms with van der Waals surface area (Å²) < 4.78 is 13.9. The molecule has 1 rings (SSSR count). The van der Waals surface area contributed by atoms with E-state index in [1.54, 1.807) is 12.1 Å². The van der Waals surface area contributed by atoms with E-state index in [1.165, 1.54) is 12.1 Å². The van der Waals surface area contributed by atoms with Gasteiger partial charge in [-0.2, -0.15) is 0 Å². The summed E-state index contributed by atoms with van der Waals surface area (Å²) in [6, 6.07) is 4.22. The van der Waals surface area contributed by atoms with Crippen LogP contribution in [0.15, 0.2) is 35.3 Å². The zero-order chi connectivity index (χ0) is 9.14. The van der Waals surface area contributed by atoms with E-state index in [0.29, 0.717) is 5.56 Å². The Morgan fingerprint density at radius 3 is 2.83 bits per heavy atom. The molecule has 0 spiro atoms. The van der Waals surface area contributed by atoms with Gasteiger partial charge < -0.3 is 5.73 Å². The molecule has 1 atom stereocenters. The van der Waals surface area contributed by atoms with Gasteiger partial charge in [0.15, 0.2) is 0 Å². The van der Waals surface area contributed by atoms with Crippen LogP contribution in [0.25, 0.3) is 0 Å². The van der Waals surface area contributed by atoms with Gasteiger partial charge >= 0.3 is 0 Å². The molecule has 1 aromatic carbocycles. The highest BCUT2D eigenvalue weighted by Crippen LogP contribution is 2.20. The smallest absolute Gasteiger partial charge is 0.128 e. The van der Waals surface area contributed by atoms with Crippen LogP contribution in [0.4, 0.5) is 4.39 Å². The van der Waals surface area contributed by atoms with Crippen LogP contribution in [0.3, 0.4) is 0 Å². The van der Waals surface area contributed by atoms with E-state index in [-0.39, 0.29) is 5.82 Å². The van der Waals surface area contributed by atoms with Crippen molar-refractivity contribution in [1.29, 1.82) is 0 Å². The lowest BCUT2D eigenvalue weighted by Crippen LogP contribution is -2.08. The Hall–Kier alpha value is -0.670. The minimum absolute atomic E-state index is 0.300. The summed E-state index contributed by atoms with van der Waals surface area (Å²) in [4.78, 5) is 0. The van der Waals surface area contributed by atoms with Gasteiger partial charge in [0, 0.05) is 10.0 Å². The van der Waals surface area contributed by atoms with E-state index < -0.39 is 6.04 Å². The third kappa shape index (κ3) is 1.93. The van der Waals surface area contributed by atoms with Crippen molar-refractivity contribution in [2.45, 2.75) is 6.04 Å². The average molecular weight is 230 g/mol. The lowest BCUT2D eigenvalue weighted by atomic mass is 10.1. The van der Waals surface area contributed by atoms with Crippen molar-refractivity contribution in [2.75, 3.05) is 0 Å². The first-order valence-electron chi connectivity index (χ1n) is 3.48. The van der Waals surface area contributed by atoms with Gasteiger partial charge in [-0.1, -0.05) is 22.0 Å². The van der Waals surface area contributed by atoms with Crippen molar-refractivity contribution in [3.8, 4) is 0 Å². The van der Waals surface area contributed by atoms with Gasteiger partial charge in [-0.3, -0.25) is 0 Å². The van der Waals surface area contributed by atoms with Gasteiger partial charge in [0.2, 0.25) is 0 Å². The van der Waals surface area contributed by atoms with Crippen LogP contribution >= 0.6 is 15.9 Å². The number of halogens is 2. The summed E-state index contributed by atoms with van der Waals surface area (Å²) in [5, 5.41) is 0. The second-order valence-corrected chi connectivity index (χ2v) is 3.34. The fourth-order valence-corrected chi connectivity index (χ4v) is 1.28. The van der Waals surface area contributed by atoms with Crippen LogP contribution in [0.5, 0.6) is 0 Å². The second-order valence-electron chi connectivity index (χ2n) is 2.43. The minimum Gasteiger partial charge on any atom is -0.321 e. The molecule has 1 nitrogen and oxygen atoms in total. The van der Waals surface area contributed by atoms with Crippen molar-refractivity contribution >= 4 is 15.9 Å². The molecule has 1 aromatic rings. The number of nitrogens with two attached hydrogens (primary N) is 1. The molecule has 0 unspecified atom stereocenters. The van der Waals surface area contributed by atoms with Crippen LogP contribution < -0.4 is 5.73 Å². The number of rotatable bonds is 2. The van der Waals surface area contributed by atoms with Gasteiger partial charge in [0.05, 0.1) is 6.04 Å². The molecular formula is C9H9BrFN. The van der Waals surface area contributed by atoms with Gasteiger partial charge in [0.1, 0.15) is 5.82 Å². The van der Waals surface area contributed by atoms with Gasteiger partial charge in [-0.25, -0.2) is 4.39 Å². The second kappa shape index (κ2) is 3.83. The molecule has 12 heavy (non-hydrogen) atoms. The number of hydrogen-bond acceptors (Lipinski definition) is 1. The van der Waals surface area contributed by atoms with Crippen LogP contribution in [-0.4, -0.2) is 0 Å². The van der Waals surface area contributed by atoms with E-state index in [9.17, 15) is 4.39 Å². The first-order chi connectivity index (χ1) is 5.65. The quantitative estimate of drug-likeness (QED) is 0.776. The molecule has 0 fully saturated rings. The maximum Gasteiger partial charge on any atom is 0.128 e. The molecule has 0 heterocycles. The third-order valence-corrected chi connectivity index (χ3v) is 2.06. The Morgan fingerprint density at radius 1 is 1.58 bits per heavy atom. The van der Waals surface area contributed by atoms with Crippen LogP contribution in [0.2, 0.25) is 0 Å². The van der Waals surface area contributed by atoms with Gasteiger partial charge in [0.25, 0.3) is 0 Å². The summed E-state index contributed by atoms with van der Waals surface area (Å²) >= 11 is 3.24. The Labute approximate surface area is 79.2 Å². The van der Waals surface area contributed by atoms with Crippen LogP contribution in [-0.2, 0) is 0 Å². The summed E-state index contributed by atoms with van der Waals surface area (Å²) in [5.74, 6) is -0.300. The Kier molecular flexibility index (Phi) is 3.00. The highest BCUT2D eigenvalue weighted by molar-refractivity contribution is 9.10. The third-order valence-electron chi connectivity index (χ3n) is 1.57. The van der Waals surface area contributed by atoms with Gasteiger partial charge in [-0.05, 0) is 18.2 Å². The average Bonchev–Trinajstić information content (AvgIpc) is 2.08. The van der Waals surface area contributed by atoms with E-state index in [1.807, 2.05) is 0 Å². The van der Waals surface area contributed by atoms with E-state index in [4.69, 9.17) is 5.73 Å². The highest BCUT2D eigenvalue weighted by atomic mass is 79.9. The molecule has 0 radical (unpaired) electrons. The maximum absolute atomic E-state index is 13.1. The van der Waals surface area contributed by atoms with E-state index >= 15 is 0 Å². The summed E-state index contributed by atoms with van der Waals surface area (Å²) in [5.41, 5.74) is 6.04. The maximum atomic E-state index is 13.1. The predicted octanol–water partition coefficient (Wildman–Crippen LogP) is 2.77. The zero-order valence-corrected chi connectivity index (χ0v) is 8.01. The fourth-order valence-electron chi connectivity index (χ4n) is 0.897. The standard InChI is InChI=1S/C9H9BrFN/c1-2-9(12)7-5-6(10)3-4-8(7)11/h2-5,9H,1,12H2/t9-/m1/s1. The van der Waals surface area contributed by atoms with Crippen LogP contribution in [0.1, 0.15) is 11.6 Å². The van der Waals surface area contributed by atoms with Crippen molar-refractivity contribution < 1.29 is 4.39 Å². The molecule has 0 aliphatic carbocycles. The van der Waals surface area contributed by atoms with Crippen molar-refractivity contribution in [2.24, 2.45) is 5.73 Å². The minimum atomic E-state index is -0.442. The molecule has 0 aliphatic heterocycles. The molecule has 64 valence electrons. The van der Waals surface area contributed by atoms with Gasteiger partial charge in [-0.15, -0.1) is 6.58 Å². The monoisotopic (exact) mass is 229 g/mol. The topological polar surface area (TPSA) is 26.0 Å². The Bertz CT molecular complexity index is 299. The molecule has 0 amide bonds. The van der Waals surface area contributed by atoms with Crippen molar-refractivity contribution in [3.05, 3.63) is 46.7 Å². The molecule has 0 aliphatic rings. The zero-order valence-electron chi connectivity index (χ0n) is 6.43. The molecule has 0 bridgehead atoms. The number of benzene rings is 1. The summed E-state index contributed by atoms with van der Waals surface area (Å²) in [6.07, 6.45) is 1.50. The SMILES string of the molecule is C=C[C@@H](N)c1cc(Br)ccc1F. The normalized spacial score (nSPS) is 12.6. The highest BCUT2D eigenvalue weighted by Gasteiger charge is 2.07. The first kappa shape index (κ1) is 9.42. The Balaban J connectivity index is 3.12. The fraction of sp³-hybridized carbons (Fsp3) is 0.111. The Morgan fingerprint density at radius 2 is 2.25 bits per heavy atom. The molecule has 3 heteroatoms. The molecule has 0 aromatic heterocycles. The predicted molar refractivity (Wildman–Crippen MR) is 51.2 cm³/mol. The summed E-state index contributed by atoms with van der Waals surface area (Å²) in [6.45, 7) is 3.50. The molecule has 0 saturated heterocycles. The molecule has 2 N–H and O–H groups in total. The van der Waals surface area contributed by atoms with Crippen molar-refractivity contribution in [3.63, 3.8) is 0 Å². The molecule has 0 saturated carbocycles. The molecular weight excluding hydrogens is 221 g/mol. The van der Waals surface area contributed by atoms with E-state index in [0.717, 1.165) is 4.47 Å². The van der Waals surface area contributed by atoms with Crippen molar-refractivity contribution in [1.82, 2.24) is 0 Å². The summed E-state index contributed by atoms with van der Waals surface area (Å²) in [7, 11) is 0.